The molecular weight excluding hydrogens is 10400 g/mol. The van der Waals surface area contributed by atoms with E-state index in [4.69, 9.17) is 16.4 Å². The molecular formula is C8H14Cl2I80O4. The van der Waals surface area contributed by atoms with Crippen molar-refractivity contribution in [3.8, 4) is 0 Å². The number of carbonyl (C=O) groups is 3. The number of aldehydes is 1. The average Bonchev–Trinajstić information content (AvgIpc) is 1.07. The van der Waals surface area contributed by atoms with Gasteiger partial charge >= 0.3 is 1080 Å². The molecule has 0 N–H and O–H groups in total. The summed E-state index contributed by atoms with van der Waals surface area (Å²) in [6, 6.07) is 0. The van der Waals surface area contributed by atoms with E-state index in [-0.39, 0.29) is 11.2 Å². The first-order valence-electron chi connectivity index (χ1n) is 14.9. The minimum absolute atomic E-state index is 0.345. The standard InChI is InChI=1S/C4H7ClO2.C2H3ClO.C2H4O.I80/c1-3(5)7-4(2)6;1-2(3)4;1-2-3;1-42(2)44(5)46(7)48(9)50(11)52(13)54(15)56(17)58(19)60(21)62(23)64(25)66(27)68(29)70(31)72(33)74(35)76(37)78(39)80(41)79(40)77(38)75(36)73(34)71(32)69(30)67(28)65(26)63(24)61(22)59(20)57(18)55(16)53(14)51(12)49(10)47(8)45(6)43(3)4/h3H,1-2H3;1H3;2H,1H3;. The molecule has 0 spiro atoms. The van der Waals surface area contributed by atoms with Gasteiger partial charge in [0.1, 0.15) is 6.29 Å². The fourth-order valence-electron chi connectivity index (χ4n) is 1.37. The Bertz CT molecular complexity index is 1870. The zero-order valence-corrected chi connectivity index (χ0v) is 213. The maximum absolute atomic E-state index is 9.95. The number of alkyl halides is 1. The number of esters is 1. The van der Waals surface area contributed by atoms with E-state index in [1.165, 1.54) is 20.8 Å². The normalized spacial score (nSPS) is 17.6. The van der Waals surface area contributed by atoms with Crippen molar-refractivity contribution in [3.63, 3.8) is 0 Å². The SMILES string of the molecule is CC(=O)Cl.CC(=O)OC(C)Cl.CC=O.II(I)I(I)I(I)I(I)I(I)I(I)I(I)I(I)I(I)I(I)I(I)I(I)I(I)I(I)I(I)I(I)I(I)I(I)I(I)I(I)I(I)I(I)I(I)I(I)I(I)I(I)I(I)I(I)I(I)I(I)I(I)I(I)I(I)I(I)I(I)I(I)I(I)I(I)I(I)I. The van der Waals surface area contributed by atoms with Gasteiger partial charge in [-0.15, -0.1) is 0 Å². The Morgan fingerprint density at radius 1 is 0.255 bits per heavy atom. The van der Waals surface area contributed by atoms with Crippen molar-refractivity contribution in [3.05, 3.63) is 0 Å². The molecule has 0 saturated carbocycles. The molecule has 0 saturated heterocycles. The van der Waals surface area contributed by atoms with Crippen LogP contribution in [0, 0.1) is 0 Å². The number of hydrogen-bond acceptors (Lipinski definition) is 4. The molecule has 86 heteroatoms. The summed E-state index contributed by atoms with van der Waals surface area (Å²) in [4.78, 5) is 28.0. The summed E-state index contributed by atoms with van der Waals surface area (Å²) in [6.07, 6.45) is 0.750. The van der Waals surface area contributed by atoms with Crippen molar-refractivity contribution in [1.82, 2.24) is 0 Å². The van der Waals surface area contributed by atoms with Crippen LogP contribution in [-0.4, -0.2) is 23.1 Å². The summed E-state index contributed by atoms with van der Waals surface area (Å²) in [5.74, 6) is -0.345. The van der Waals surface area contributed by atoms with Crippen LogP contribution in [0.5, 0.6) is 0 Å². The molecule has 0 aromatic rings. The van der Waals surface area contributed by atoms with Crippen molar-refractivity contribution in [2.75, 3.05) is 0 Å². The van der Waals surface area contributed by atoms with Gasteiger partial charge in [-0.25, -0.2) is 0 Å². The quantitative estimate of drug-likeness (QED) is 0.0202. The minimum atomic E-state index is -0.638. The van der Waals surface area contributed by atoms with E-state index in [0.29, 0.717) is 0 Å². The summed E-state index contributed by atoms with van der Waals surface area (Å²) in [6.45, 7) is 5.64. The topological polar surface area (TPSA) is 60.4 Å². The van der Waals surface area contributed by atoms with E-state index in [2.05, 4.69) is 780 Å². The van der Waals surface area contributed by atoms with Gasteiger partial charge in [-0.05, 0) is 25.4 Å². The molecule has 0 aromatic heterocycles. The molecule has 0 rings (SSSR count). The molecule has 0 bridgehead atoms. The monoisotopic (exact) mass is 10400 g/mol. The third-order valence-electron chi connectivity index (χ3n) is 3.43. The Hall–Kier alpha value is 57.8. The van der Waals surface area contributed by atoms with Crippen molar-refractivity contribution in [2.24, 2.45) is 0 Å². The summed E-state index contributed by atoms with van der Waals surface area (Å²) in [5, 5.41) is -0.361. The van der Waals surface area contributed by atoms with E-state index < -0.39 is 313 Å². The second-order valence-electron chi connectivity index (χ2n) is 8.18. The number of rotatable bonds is 39. The molecule has 0 heterocycles. The van der Waals surface area contributed by atoms with E-state index >= 15 is 0 Å². The van der Waals surface area contributed by atoms with Gasteiger partial charge in [0.25, 0.3) is 0 Å². The predicted molar refractivity (Wildman–Crippen MR) is 1180 cm³/mol. The molecule has 0 aromatic carbocycles. The van der Waals surface area contributed by atoms with Gasteiger partial charge in [0.05, 0.1) is 0 Å². The van der Waals surface area contributed by atoms with Crippen LogP contribution in [0.3, 0.4) is 0 Å². The Balaban J connectivity index is -0.00000260. The van der Waals surface area contributed by atoms with Gasteiger partial charge < -0.3 is 9.53 Å². The first-order valence-corrected chi connectivity index (χ1v) is 512. The number of hydrogen-bond donors (Lipinski definition) is 0. The maximum atomic E-state index is 9.95. The van der Waals surface area contributed by atoms with Crippen molar-refractivity contribution >= 4 is 1110 Å². The first kappa shape index (κ1) is 158. The number of carbonyl (C=O) groups excluding carboxylic acids is 3. The molecule has 0 amide bonds. The molecule has 94 heavy (non-hydrogen) atoms. The fraction of sp³-hybridized carbons (Fsp3) is 0.625. The Labute approximate surface area is 1100 Å². The fourth-order valence-corrected chi connectivity index (χ4v) is 15500. The van der Waals surface area contributed by atoms with Crippen molar-refractivity contribution < 1.29 is 19.1 Å². The molecule has 644 valence electrons. The second kappa shape index (κ2) is 98.0. The molecule has 0 aliphatic carbocycles. The molecule has 0 aliphatic heterocycles. The molecule has 1 unspecified atom stereocenters. The molecule has 0 radical (unpaired) electrons. The Morgan fingerprint density at radius 3 is 0.351 bits per heavy atom. The predicted octanol–water partition coefficient (Wildman–Crippen LogP) is 73.0. The van der Waals surface area contributed by atoms with Gasteiger partial charge in [0.15, 0.2) is 5.56 Å². The van der Waals surface area contributed by atoms with E-state index in [1.54, 1.807) is 6.92 Å². The third kappa shape index (κ3) is 72.6. The summed E-state index contributed by atoms with van der Waals surface area (Å²) >= 11 is 147. The van der Waals surface area contributed by atoms with Gasteiger partial charge in [0.2, 0.25) is 5.24 Å². The number of ether oxygens (including phenoxy) is 1. The van der Waals surface area contributed by atoms with Crippen LogP contribution in [0.25, 0.3) is 0 Å². The van der Waals surface area contributed by atoms with Crippen molar-refractivity contribution in [1.29, 1.82) is 0 Å². The van der Waals surface area contributed by atoms with E-state index in [1.807, 2.05) is 0 Å². The zero-order chi connectivity index (χ0) is 75.7. The second-order valence-corrected chi connectivity index (χ2v) is 1910. The number of halogens is 82. The first-order chi connectivity index (χ1) is 42.6. The van der Waals surface area contributed by atoms with E-state index in [9.17, 15) is 9.59 Å². The van der Waals surface area contributed by atoms with Gasteiger partial charge in [-0.2, -0.15) is 0 Å². The van der Waals surface area contributed by atoms with Crippen LogP contribution in [0.1, 0.15) is 27.7 Å². The van der Waals surface area contributed by atoms with Crippen LogP contribution in [-0.2, 0) is 19.1 Å². The van der Waals surface area contributed by atoms with Crippen LogP contribution < -0.4 is 0 Å². The van der Waals surface area contributed by atoms with Crippen molar-refractivity contribution in [2.45, 2.75) is 33.3 Å². The van der Waals surface area contributed by atoms with Crippen LogP contribution in [0.15, 0.2) is 0 Å². The molecule has 4 nitrogen and oxygen atoms in total. The summed E-state index contributed by atoms with van der Waals surface area (Å²) in [7, 11) is -23.0. The Kier molecular flexibility index (Phi) is 165. The Morgan fingerprint density at radius 2 is 0.319 bits per heavy atom. The van der Waals surface area contributed by atoms with E-state index in [0.717, 1.165) is 6.29 Å². The zero-order valence-electron chi connectivity index (χ0n) is 38.8. The van der Waals surface area contributed by atoms with Gasteiger partial charge in [0, 0.05) is 13.8 Å². The summed E-state index contributed by atoms with van der Waals surface area (Å²) in [5.41, 5.74) is -0.502. The molecule has 0 fully saturated rings. The third-order valence-corrected chi connectivity index (χ3v) is 6280. The van der Waals surface area contributed by atoms with Gasteiger partial charge in [-0.1, -0.05) is 11.6 Å². The van der Waals surface area contributed by atoms with Crippen LogP contribution in [0.4, 0.5) is 0 Å². The van der Waals surface area contributed by atoms with Crippen LogP contribution >= 0.6 is 1090 Å². The van der Waals surface area contributed by atoms with Crippen LogP contribution in [0.2, 0.25) is 0 Å². The summed E-state index contributed by atoms with van der Waals surface area (Å²) < 4.78 is 4.38. The van der Waals surface area contributed by atoms with Gasteiger partial charge in [-0.3, -0.25) is 9.59 Å². The molecule has 0 aliphatic rings. The average molecular weight is 10400 g/mol. The molecule has 1 atom stereocenters.